The minimum Gasteiger partial charge on any atom is -0.493 e. The second-order valence-corrected chi connectivity index (χ2v) is 5.74. The maximum Gasteiger partial charge on any atom is 0.251 e. The van der Waals surface area contributed by atoms with Crippen molar-refractivity contribution in [1.29, 1.82) is 15.8 Å². The molecule has 9 nitrogen and oxygen atoms in total. The molecule has 0 saturated carbocycles. The first-order valence-corrected chi connectivity index (χ1v) is 8.16. The molecule has 2 rings (SSSR count). The van der Waals surface area contributed by atoms with Crippen molar-refractivity contribution in [3.63, 3.8) is 0 Å². The summed E-state index contributed by atoms with van der Waals surface area (Å²) >= 11 is 0. The molecule has 1 aromatic rings. The number of nitrogens with zero attached hydrogens (tertiary/aromatic N) is 3. The summed E-state index contributed by atoms with van der Waals surface area (Å²) in [5.74, 6) is 0.107. The van der Waals surface area contributed by atoms with Crippen LogP contribution in [0.4, 0.5) is 0 Å². The van der Waals surface area contributed by atoms with Gasteiger partial charge in [-0.25, -0.2) is 0 Å². The predicted octanol–water partition coefficient (Wildman–Crippen LogP) is 1.65. The van der Waals surface area contributed by atoms with Gasteiger partial charge in [0.05, 0.1) is 38.2 Å². The summed E-state index contributed by atoms with van der Waals surface area (Å²) in [6.45, 7) is 1.55. The molecule has 0 bridgehead atoms. The number of ether oxygens (including phenoxy) is 3. The van der Waals surface area contributed by atoms with E-state index < -0.39 is 5.91 Å². The normalized spacial score (nSPS) is 12.9. The van der Waals surface area contributed by atoms with Crippen molar-refractivity contribution in [2.24, 2.45) is 5.73 Å². The van der Waals surface area contributed by atoms with Crippen molar-refractivity contribution in [2.45, 2.75) is 6.92 Å². The second-order valence-electron chi connectivity index (χ2n) is 5.74. The van der Waals surface area contributed by atoms with E-state index in [0.29, 0.717) is 17.0 Å². The van der Waals surface area contributed by atoms with Crippen LogP contribution in [-0.4, -0.2) is 27.2 Å². The van der Waals surface area contributed by atoms with E-state index in [1.54, 1.807) is 31.2 Å². The van der Waals surface area contributed by atoms with Crippen LogP contribution in [0.2, 0.25) is 0 Å². The smallest absolute Gasteiger partial charge is 0.251 e. The number of methoxy groups -OCH3 is 3. The van der Waals surface area contributed by atoms with Gasteiger partial charge in [0.25, 0.3) is 5.91 Å². The van der Waals surface area contributed by atoms with E-state index in [0.717, 1.165) is 0 Å². The maximum absolute atomic E-state index is 12.2. The molecule has 0 saturated heterocycles. The molecule has 3 N–H and O–H groups in total. The Morgan fingerprint density at radius 3 is 1.97 bits per heavy atom. The van der Waals surface area contributed by atoms with Crippen LogP contribution < -0.4 is 25.3 Å². The van der Waals surface area contributed by atoms with Crippen molar-refractivity contribution in [3.05, 3.63) is 45.8 Å². The largest absolute Gasteiger partial charge is 0.493 e. The van der Waals surface area contributed by atoms with Crippen LogP contribution in [-0.2, 0) is 4.79 Å². The lowest BCUT2D eigenvalue weighted by molar-refractivity contribution is -0.114. The van der Waals surface area contributed by atoms with Crippen LogP contribution in [0.3, 0.4) is 0 Å². The number of rotatable bonds is 5. The minimum atomic E-state index is -0.791. The lowest BCUT2D eigenvalue weighted by atomic mass is 9.86. The molecule has 0 unspecified atom stereocenters. The van der Waals surface area contributed by atoms with Crippen LogP contribution >= 0.6 is 0 Å². The van der Waals surface area contributed by atoms with Crippen LogP contribution in [0.25, 0.3) is 5.57 Å². The number of carbonyl (C=O) groups excluding carboxylic acids is 1. The van der Waals surface area contributed by atoms with Gasteiger partial charge < -0.3 is 25.3 Å². The van der Waals surface area contributed by atoms with Crippen LogP contribution in [0.1, 0.15) is 12.5 Å². The van der Waals surface area contributed by atoms with Gasteiger partial charge in [-0.2, -0.15) is 15.8 Å². The molecule has 1 heterocycles. The highest BCUT2D eigenvalue weighted by Gasteiger charge is 2.31. The Balaban J connectivity index is 3.03. The van der Waals surface area contributed by atoms with Gasteiger partial charge in [-0.1, -0.05) is 0 Å². The van der Waals surface area contributed by atoms with Gasteiger partial charge in [0.1, 0.15) is 18.2 Å². The third kappa shape index (κ3) is 3.55. The second kappa shape index (κ2) is 8.51. The average molecular weight is 391 g/mol. The number of dihydropyridines is 1. The minimum absolute atomic E-state index is 0.0104. The van der Waals surface area contributed by atoms with E-state index in [4.69, 9.17) is 19.9 Å². The van der Waals surface area contributed by atoms with E-state index in [-0.39, 0.29) is 39.5 Å². The Hall–Kier alpha value is -4.42. The zero-order chi connectivity index (χ0) is 21.7. The number of hydrogen-bond acceptors (Lipinski definition) is 8. The van der Waals surface area contributed by atoms with E-state index in [9.17, 15) is 20.6 Å². The monoisotopic (exact) mass is 391 g/mol. The molecule has 9 heteroatoms. The third-order valence-electron chi connectivity index (χ3n) is 4.22. The van der Waals surface area contributed by atoms with Gasteiger partial charge in [0.2, 0.25) is 5.75 Å². The Labute approximate surface area is 167 Å². The Kier molecular flexibility index (Phi) is 6.13. The average Bonchev–Trinajstić information content (AvgIpc) is 2.72. The van der Waals surface area contributed by atoms with Crippen molar-refractivity contribution >= 4 is 11.5 Å². The molecule has 0 aromatic heterocycles. The van der Waals surface area contributed by atoms with Gasteiger partial charge in [-0.05, 0) is 24.6 Å². The first kappa shape index (κ1) is 20.9. The summed E-state index contributed by atoms with van der Waals surface area (Å²) in [5.41, 5.74) is 6.00. The molecule has 1 aromatic carbocycles. The summed E-state index contributed by atoms with van der Waals surface area (Å²) in [4.78, 5) is 12.2. The predicted molar refractivity (Wildman–Crippen MR) is 102 cm³/mol. The number of nitrogens with two attached hydrogens (primary N) is 1. The summed E-state index contributed by atoms with van der Waals surface area (Å²) in [7, 11) is 4.29. The Morgan fingerprint density at radius 2 is 1.59 bits per heavy atom. The lowest BCUT2D eigenvalue weighted by Gasteiger charge is -2.25. The molecule has 0 radical (unpaired) electrons. The molecule has 1 aliphatic rings. The molecular weight excluding hydrogens is 374 g/mol. The number of amides is 1. The van der Waals surface area contributed by atoms with E-state index in [2.05, 4.69) is 5.32 Å². The maximum atomic E-state index is 12.2. The summed E-state index contributed by atoms with van der Waals surface area (Å²) < 4.78 is 16.0. The summed E-state index contributed by atoms with van der Waals surface area (Å²) in [5, 5.41) is 31.1. The third-order valence-corrected chi connectivity index (χ3v) is 4.22. The molecule has 1 amide bonds. The number of carbonyl (C=O) groups is 1. The first-order valence-electron chi connectivity index (χ1n) is 8.16. The Morgan fingerprint density at radius 1 is 1.03 bits per heavy atom. The number of nitriles is 3. The molecule has 146 valence electrons. The van der Waals surface area contributed by atoms with Crippen molar-refractivity contribution < 1.29 is 19.0 Å². The molecule has 0 aliphatic carbocycles. The zero-order valence-electron chi connectivity index (χ0n) is 16.2. The van der Waals surface area contributed by atoms with Gasteiger partial charge in [-0.15, -0.1) is 0 Å². The summed E-state index contributed by atoms with van der Waals surface area (Å²) in [6, 6.07) is 8.55. The highest BCUT2D eigenvalue weighted by Crippen LogP contribution is 2.43. The lowest BCUT2D eigenvalue weighted by Crippen LogP contribution is -2.28. The van der Waals surface area contributed by atoms with Crippen molar-refractivity contribution in [1.82, 2.24) is 5.32 Å². The standard InChI is InChI=1S/C20H17N5O4/c1-10-16(20(24)26)17(13(9-23)18(25-10)12(7-21)8-22)11-5-14(27-2)19(29-4)15(6-11)28-3/h5-6,25H,1-4H3,(H2,24,26). The van der Waals surface area contributed by atoms with Crippen molar-refractivity contribution in [3.8, 4) is 35.5 Å². The van der Waals surface area contributed by atoms with Crippen LogP contribution in [0.15, 0.2) is 40.2 Å². The van der Waals surface area contributed by atoms with Gasteiger partial charge in [-0.3, -0.25) is 4.79 Å². The number of benzene rings is 1. The van der Waals surface area contributed by atoms with E-state index in [1.807, 2.05) is 6.07 Å². The highest BCUT2D eigenvalue weighted by atomic mass is 16.5. The zero-order valence-corrected chi connectivity index (χ0v) is 16.2. The fourth-order valence-corrected chi connectivity index (χ4v) is 3.01. The number of nitrogens with one attached hydrogen (secondary N) is 1. The molecule has 29 heavy (non-hydrogen) atoms. The first-order chi connectivity index (χ1) is 13.9. The molecule has 0 atom stereocenters. The fraction of sp³-hybridized carbons (Fsp3) is 0.200. The van der Waals surface area contributed by atoms with E-state index >= 15 is 0 Å². The molecule has 1 aliphatic heterocycles. The van der Waals surface area contributed by atoms with Crippen molar-refractivity contribution in [2.75, 3.05) is 21.3 Å². The van der Waals surface area contributed by atoms with E-state index in [1.165, 1.54) is 21.3 Å². The number of primary amides is 1. The van der Waals surface area contributed by atoms with Crippen LogP contribution in [0.5, 0.6) is 17.2 Å². The van der Waals surface area contributed by atoms with Gasteiger partial charge in [0.15, 0.2) is 17.1 Å². The fourth-order valence-electron chi connectivity index (χ4n) is 3.01. The summed E-state index contributed by atoms with van der Waals surface area (Å²) in [6.07, 6.45) is 0. The SMILES string of the molecule is COc1cc(C2=C(C#N)C(=C(C#N)C#N)NC(C)=C2C(N)=O)cc(OC)c1OC. The molecular formula is C20H17N5O4. The van der Waals surface area contributed by atoms with Gasteiger partial charge >= 0.3 is 0 Å². The number of allylic oxidation sites excluding steroid dienone is 3. The highest BCUT2D eigenvalue weighted by molar-refractivity contribution is 6.12. The van der Waals surface area contributed by atoms with Gasteiger partial charge in [0, 0.05) is 11.3 Å². The molecule has 0 fully saturated rings. The number of hydrogen-bond donors (Lipinski definition) is 2. The quantitative estimate of drug-likeness (QED) is 0.718. The van der Waals surface area contributed by atoms with Crippen LogP contribution in [0, 0.1) is 34.0 Å². The topological polar surface area (TPSA) is 154 Å². The Bertz CT molecular complexity index is 1070. The molecule has 0 spiro atoms.